The minimum Gasteiger partial charge on any atom is -0.365 e. The number of piperidine rings is 1. The lowest BCUT2D eigenvalue weighted by atomic mass is 10.1. The van der Waals surface area contributed by atoms with Gasteiger partial charge in [0.2, 0.25) is 11.9 Å². The molecule has 140 valence electrons. The Balaban J connectivity index is 1.71. The maximum atomic E-state index is 12.9. The van der Waals surface area contributed by atoms with Gasteiger partial charge in [0, 0.05) is 45.6 Å². The van der Waals surface area contributed by atoms with Crippen molar-refractivity contribution in [2.24, 2.45) is 0 Å². The zero-order valence-electron chi connectivity index (χ0n) is 14.5. The van der Waals surface area contributed by atoms with Crippen molar-refractivity contribution in [1.82, 2.24) is 19.9 Å². The molecule has 10 heteroatoms. The standard InChI is InChI=1S/C16H20F3N7/c1-25(2)14-20-8-6-13(24-14)22-11-4-3-9-26(10-11)15-21-7-5-12(23-15)16(17,18)19/h5-8,11H,3-4,9-10H2,1-2H3,(H,20,22,24). The molecule has 2 aromatic rings. The highest BCUT2D eigenvalue weighted by Crippen LogP contribution is 2.28. The Morgan fingerprint density at radius 1 is 1.15 bits per heavy atom. The van der Waals surface area contributed by atoms with E-state index in [4.69, 9.17) is 0 Å². The fraction of sp³-hybridized carbons (Fsp3) is 0.500. The Labute approximate surface area is 149 Å². The van der Waals surface area contributed by atoms with Crippen LogP contribution in [-0.4, -0.2) is 53.2 Å². The summed E-state index contributed by atoms with van der Waals surface area (Å²) in [7, 11) is 3.71. The summed E-state index contributed by atoms with van der Waals surface area (Å²) in [6.45, 7) is 1.12. The van der Waals surface area contributed by atoms with Gasteiger partial charge in [0.25, 0.3) is 0 Å². The van der Waals surface area contributed by atoms with E-state index in [-0.39, 0.29) is 12.0 Å². The van der Waals surface area contributed by atoms with E-state index in [1.54, 1.807) is 22.1 Å². The molecule has 1 saturated heterocycles. The topological polar surface area (TPSA) is 70.1 Å². The Hall–Kier alpha value is -2.65. The SMILES string of the molecule is CN(C)c1nccc(NC2CCCN(c3nccc(C(F)(F)F)n3)C2)n1. The van der Waals surface area contributed by atoms with Crippen LogP contribution in [0.25, 0.3) is 0 Å². The molecular formula is C16H20F3N7. The summed E-state index contributed by atoms with van der Waals surface area (Å²) in [6.07, 6.45) is 0.0471. The smallest absolute Gasteiger partial charge is 0.365 e. The molecule has 7 nitrogen and oxygen atoms in total. The zero-order valence-corrected chi connectivity index (χ0v) is 14.5. The number of rotatable bonds is 4. The normalized spacial score (nSPS) is 17.9. The van der Waals surface area contributed by atoms with Crippen LogP contribution >= 0.6 is 0 Å². The number of hydrogen-bond donors (Lipinski definition) is 1. The third-order valence-electron chi connectivity index (χ3n) is 4.03. The first-order valence-corrected chi connectivity index (χ1v) is 8.25. The summed E-state index contributed by atoms with van der Waals surface area (Å²) < 4.78 is 38.6. The molecule has 1 N–H and O–H groups in total. The van der Waals surface area contributed by atoms with Gasteiger partial charge in [-0.1, -0.05) is 0 Å². The third kappa shape index (κ3) is 4.30. The molecule has 1 atom stereocenters. The average Bonchev–Trinajstić information content (AvgIpc) is 2.61. The largest absolute Gasteiger partial charge is 0.433 e. The molecule has 1 unspecified atom stereocenters. The van der Waals surface area contributed by atoms with Gasteiger partial charge in [-0.25, -0.2) is 15.0 Å². The van der Waals surface area contributed by atoms with Crippen molar-refractivity contribution in [1.29, 1.82) is 0 Å². The van der Waals surface area contributed by atoms with Gasteiger partial charge >= 0.3 is 6.18 Å². The van der Waals surface area contributed by atoms with Gasteiger partial charge in [-0.05, 0) is 25.0 Å². The maximum absolute atomic E-state index is 12.9. The van der Waals surface area contributed by atoms with E-state index in [0.29, 0.717) is 24.9 Å². The van der Waals surface area contributed by atoms with Crippen LogP contribution < -0.4 is 15.1 Å². The molecule has 0 bridgehead atoms. The van der Waals surface area contributed by atoms with Gasteiger partial charge in [0.15, 0.2) is 0 Å². The first-order chi connectivity index (χ1) is 12.3. The van der Waals surface area contributed by atoms with Crippen molar-refractivity contribution in [3.63, 3.8) is 0 Å². The van der Waals surface area contributed by atoms with Crippen molar-refractivity contribution < 1.29 is 13.2 Å². The van der Waals surface area contributed by atoms with Crippen molar-refractivity contribution in [2.45, 2.75) is 25.1 Å². The maximum Gasteiger partial charge on any atom is 0.433 e. The summed E-state index contributed by atoms with van der Waals surface area (Å²) in [4.78, 5) is 19.8. The van der Waals surface area contributed by atoms with Crippen LogP contribution in [0.15, 0.2) is 24.5 Å². The summed E-state index contributed by atoms with van der Waals surface area (Å²) in [5, 5.41) is 3.32. The lowest BCUT2D eigenvalue weighted by molar-refractivity contribution is -0.141. The van der Waals surface area contributed by atoms with Crippen molar-refractivity contribution >= 4 is 17.7 Å². The van der Waals surface area contributed by atoms with Crippen molar-refractivity contribution in [3.05, 3.63) is 30.2 Å². The van der Waals surface area contributed by atoms with E-state index in [1.807, 2.05) is 14.1 Å². The molecule has 0 saturated carbocycles. The second kappa shape index (κ2) is 7.30. The quantitative estimate of drug-likeness (QED) is 0.890. The number of aromatic nitrogens is 4. The summed E-state index contributed by atoms with van der Waals surface area (Å²) in [5.41, 5.74) is -0.927. The molecule has 0 aliphatic carbocycles. The van der Waals surface area contributed by atoms with E-state index in [0.717, 1.165) is 25.1 Å². The second-order valence-corrected chi connectivity index (χ2v) is 6.31. The van der Waals surface area contributed by atoms with Gasteiger partial charge < -0.3 is 15.1 Å². The van der Waals surface area contributed by atoms with Crippen LogP contribution in [-0.2, 0) is 6.18 Å². The zero-order chi connectivity index (χ0) is 18.7. The van der Waals surface area contributed by atoms with Crippen molar-refractivity contribution in [3.8, 4) is 0 Å². The number of nitrogens with zero attached hydrogens (tertiary/aromatic N) is 6. The van der Waals surface area contributed by atoms with Crippen LogP contribution in [0.3, 0.4) is 0 Å². The number of hydrogen-bond acceptors (Lipinski definition) is 7. The lowest BCUT2D eigenvalue weighted by Gasteiger charge is -2.33. The molecule has 3 heterocycles. The first-order valence-electron chi connectivity index (χ1n) is 8.25. The molecule has 1 fully saturated rings. The van der Waals surface area contributed by atoms with Crippen molar-refractivity contribution in [2.75, 3.05) is 42.3 Å². The predicted molar refractivity (Wildman–Crippen MR) is 92.3 cm³/mol. The monoisotopic (exact) mass is 367 g/mol. The highest BCUT2D eigenvalue weighted by atomic mass is 19.4. The summed E-state index contributed by atoms with van der Waals surface area (Å²) in [6, 6.07) is 2.69. The van der Waals surface area contributed by atoms with Crippen LogP contribution in [0.1, 0.15) is 18.5 Å². The Bertz CT molecular complexity index is 751. The van der Waals surface area contributed by atoms with Gasteiger partial charge in [0.05, 0.1) is 0 Å². The van der Waals surface area contributed by atoms with Crippen LogP contribution in [0.2, 0.25) is 0 Å². The molecule has 0 aromatic carbocycles. The highest BCUT2D eigenvalue weighted by Gasteiger charge is 2.33. The molecule has 1 aliphatic heterocycles. The molecule has 26 heavy (non-hydrogen) atoms. The Morgan fingerprint density at radius 3 is 2.65 bits per heavy atom. The molecule has 0 radical (unpaired) electrons. The van der Waals surface area contributed by atoms with E-state index >= 15 is 0 Å². The molecular weight excluding hydrogens is 347 g/mol. The number of alkyl halides is 3. The Kier molecular flexibility index (Phi) is 5.10. The second-order valence-electron chi connectivity index (χ2n) is 6.31. The molecule has 2 aromatic heterocycles. The fourth-order valence-electron chi connectivity index (χ4n) is 2.79. The van der Waals surface area contributed by atoms with Crippen LogP contribution in [0, 0.1) is 0 Å². The number of nitrogens with one attached hydrogen (secondary N) is 1. The minimum atomic E-state index is -4.48. The third-order valence-corrected chi connectivity index (χ3v) is 4.03. The summed E-state index contributed by atoms with van der Waals surface area (Å²) >= 11 is 0. The Morgan fingerprint density at radius 2 is 1.92 bits per heavy atom. The molecule has 3 rings (SSSR count). The minimum absolute atomic E-state index is 0.0341. The van der Waals surface area contributed by atoms with Gasteiger partial charge in [-0.15, -0.1) is 0 Å². The van der Waals surface area contributed by atoms with Crippen LogP contribution in [0.4, 0.5) is 30.9 Å². The highest BCUT2D eigenvalue weighted by molar-refractivity contribution is 5.42. The molecule has 1 aliphatic rings. The number of anilines is 3. The molecule has 0 amide bonds. The van der Waals surface area contributed by atoms with E-state index < -0.39 is 11.9 Å². The number of halogens is 3. The van der Waals surface area contributed by atoms with Gasteiger partial charge in [0.1, 0.15) is 11.5 Å². The molecule has 0 spiro atoms. The summed E-state index contributed by atoms with van der Waals surface area (Å²) in [5.74, 6) is 1.37. The lowest BCUT2D eigenvalue weighted by Crippen LogP contribution is -2.43. The van der Waals surface area contributed by atoms with Crippen LogP contribution in [0.5, 0.6) is 0 Å². The fourth-order valence-corrected chi connectivity index (χ4v) is 2.79. The van der Waals surface area contributed by atoms with Gasteiger partial charge in [-0.3, -0.25) is 0 Å². The average molecular weight is 367 g/mol. The van der Waals surface area contributed by atoms with E-state index in [9.17, 15) is 13.2 Å². The first kappa shape index (κ1) is 18.2. The van der Waals surface area contributed by atoms with E-state index in [1.165, 1.54) is 0 Å². The van der Waals surface area contributed by atoms with E-state index in [2.05, 4.69) is 25.3 Å². The predicted octanol–water partition coefficient (Wildman–Crippen LogP) is 2.43. The van der Waals surface area contributed by atoms with Gasteiger partial charge in [-0.2, -0.15) is 18.2 Å².